The second kappa shape index (κ2) is 10.4. The first kappa shape index (κ1) is 22.0. The molecular formula is C20H20ClI2N2PPo+. The van der Waals surface area contributed by atoms with E-state index in [0.717, 1.165) is 0 Å². The fourth-order valence-electron chi connectivity index (χ4n) is 2.69. The van der Waals surface area contributed by atoms with E-state index >= 15 is 0 Å². The van der Waals surface area contributed by atoms with Crippen LogP contribution >= 0.6 is 55.7 Å². The molecule has 4 rings (SSSR count). The molecule has 1 aliphatic heterocycles. The van der Waals surface area contributed by atoms with Gasteiger partial charge in [0.15, 0.2) is 47.3 Å². The molecule has 7 heteroatoms. The second-order valence-electron chi connectivity index (χ2n) is 6.10. The standard InChI is InChI=1S/C12H9N.C8H10I2NP.ClH.Po/c13-12-9-5-4-8-11(12)10-6-2-1-3-7-10;1-11(2)7-3-5-8(6-4-7)12(9)10;;/h1-6,8-9,13H;3-6H,1-2H3;1H;/q-1;;;+2. The topological polar surface area (TPSA) is 15.3 Å². The Labute approximate surface area is 200 Å². The Kier molecular flexibility index (Phi) is 8.48. The summed E-state index contributed by atoms with van der Waals surface area (Å²) in [5, 5.41) is 1.48. The van der Waals surface area contributed by atoms with Crippen LogP contribution in [-0.2, 0) is 0 Å². The van der Waals surface area contributed by atoms with Crippen molar-refractivity contribution in [3.63, 3.8) is 0 Å². The zero-order valence-corrected chi connectivity index (χ0v) is 24.2. The number of anilines is 2. The SMILES string of the molecule is CN(C)c1ccc([PH+](I)I)cc1.[Cl][Po]1[NH]c2ccccc2-c2cccc[c]21. The first-order valence-electron chi connectivity index (χ1n) is 8.28. The van der Waals surface area contributed by atoms with Gasteiger partial charge < -0.3 is 4.90 Å². The van der Waals surface area contributed by atoms with Gasteiger partial charge >= 0.3 is 101 Å². The van der Waals surface area contributed by atoms with Gasteiger partial charge in [-0.05, 0) is 24.3 Å². The van der Waals surface area contributed by atoms with Crippen LogP contribution in [0.1, 0.15) is 0 Å². The summed E-state index contributed by atoms with van der Waals surface area (Å²) >= 11 is 2.97. The van der Waals surface area contributed by atoms with E-state index in [-0.39, 0.29) is 3.21 Å². The number of nitrogens with one attached hydrogen (secondary N) is 1. The molecular weight excluding hydrogens is 797 g/mol. The van der Waals surface area contributed by atoms with Crippen molar-refractivity contribution in [2.45, 2.75) is 0 Å². The van der Waals surface area contributed by atoms with Gasteiger partial charge in [-0.15, -0.1) is 0 Å². The molecule has 0 saturated carbocycles. The minimum atomic E-state index is -2.06. The number of halogens is 3. The Balaban J connectivity index is 0.000000161. The van der Waals surface area contributed by atoms with E-state index in [1.807, 2.05) is 6.07 Å². The Morgan fingerprint density at radius 1 is 0.852 bits per heavy atom. The van der Waals surface area contributed by atoms with E-state index in [4.69, 9.17) is 8.45 Å². The van der Waals surface area contributed by atoms with Crippen LogP contribution in [0.5, 0.6) is 0 Å². The van der Waals surface area contributed by atoms with E-state index in [2.05, 4.69) is 133 Å². The Hall–Kier alpha value is 0.336. The summed E-state index contributed by atoms with van der Waals surface area (Å²) in [4.78, 5) is 2.12. The number of benzene rings is 3. The van der Waals surface area contributed by atoms with Gasteiger partial charge in [0, 0.05) is 19.8 Å². The molecule has 0 aromatic heterocycles. The van der Waals surface area contributed by atoms with Crippen molar-refractivity contribution in [3.05, 3.63) is 72.8 Å². The average Bonchev–Trinajstić information content (AvgIpc) is 2.69. The molecule has 0 fully saturated rings. The van der Waals surface area contributed by atoms with Gasteiger partial charge in [0.25, 0.3) is 0 Å². The van der Waals surface area contributed by atoms with Crippen LogP contribution in [0.25, 0.3) is 11.1 Å². The molecule has 0 spiro atoms. The van der Waals surface area contributed by atoms with Gasteiger partial charge in [-0.2, -0.15) is 0 Å². The maximum absolute atomic E-state index is 6.46. The summed E-state index contributed by atoms with van der Waals surface area (Å²) in [6.45, 7) is 0. The van der Waals surface area contributed by atoms with Crippen LogP contribution in [0.15, 0.2) is 72.8 Å². The molecule has 0 saturated heterocycles. The number of fused-ring (bicyclic) bond motifs is 3. The molecule has 0 aliphatic carbocycles. The van der Waals surface area contributed by atoms with E-state index in [0.29, 0.717) is 0 Å². The van der Waals surface area contributed by atoms with Gasteiger partial charge in [-0.3, -0.25) is 0 Å². The minimum absolute atomic E-state index is 0.333. The van der Waals surface area contributed by atoms with Crippen molar-refractivity contribution in [3.8, 4) is 11.1 Å². The van der Waals surface area contributed by atoms with Crippen LogP contribution < -0.4 is 16.6 Å². The molecule has 141 valence electrons. The quantitative estimate of drug-likeness (QED) is 0.252. The van der Waals surface area contributed by atoms with Gasteiger partial charge in [0.2, 0.25) is 0 Å². The molecule has 3 aromatic rings. The van der Waals surface area contributed by atoms with E-state index in [1.54, 1.807) is 0 Å². The Morgan fingerprint density at radius 3 is 2.07 bits per heavy atom. The van der Waals surface area contributed by atoms with E-state index in [1.165, 1.54) is 31.0 Å². The third-order valence-corrected chi connectivity index (χ3v) is 15.2. The van der Waals surface area contributed by atoms with E-state index in [9.17, 15) is 0 Å². The third-order valence-electron chi connectivity index (χ3n) is 4.10. The predicted octanol–water partition coefficient (Wildman–Crippen LogP) is 6.01. The van der Waals surface area contributed by atoms with Crippen molar-refractivity contribution in [2.75, 3.05) is 22.2 Å². The van der Waals surface area contributed by atoms with Gasteiger partial charge in [0.1, 0.15) is 5.30 Å². The zero-order valence-electron chi connectivity index (χ0n) is 14.9. The number of nitrogens with zero attached hydrogens (tertiary/aromatic N) is 1. The fraction of sp³-hybridized carbons (Fsp3) is 0.100. The van der Waals surface area contributed by atoms with Crippen LogP contribution in [0.4, 0.5) is 11.4 Å². The molecule has 27 heavy (non-hydrogen) atoms. The number of hydrogen-bond acceptors (Lipinski definition) is 2. The number of hydrogen-bond donors (Lipinski definition) is 1. The van der Waals surface area contributed by atoms with Crippen LogP contribution in [-0.4, -0.2) is 35.3 Å². The maximum atomic E-state index is 6.46. The molecule has 0 unspecified atom stereocenters. The molecule has 1 radical (unpaired) electrons. The molecule has 1 heterocycles. The normalized spacial score (nSPS) is 12.4. The third kappa shape index (κ3) is 5.69. The average molecular weight is 818 g/mol. The van der Waals surface area contributed by atoms with Gasteiger partial charge in [0.05, 0.1) is 0 Å². The first-order chi connectivity index (χ1) is 13.0. The summed E-state index contributed by atoms with van der Waals surface area (Å²) in [7, 11) is 10.6. The molecule has 0 amide bonds. The van der Waals surface area contributed by atoms with Crippen LogP contribution in [0.3, 0.4) is 0 Å². The summed E-state index contributed by atoms with van der Waals surface area (Å²) < 4.78 is 4.49. The molecule has 1 N–H and O–H groups in total. The van der Waals surface area contributed by atoms with Crippen LogP contribution in [0.2, 0.25) is 0 Å². The molecule has 1 aliphatic rings. The Morgan fingerprint density at radius 2 is 1.44 bits per heavy atom. The Bertz CT molecular complexity index is 879. The monoisotopic (exact) mass is 817 g/mol. The number of para-hydroxylation sites is 1. The molecule has 0 atom stereocenters. The molecule has 0 bridgehead atoms. The summed E-state index contributed by atoms with van der Waals surface area (Å²) in [5.74, 6) is 0. The van der Waals surface area contributed by atoms with Crippen molar-refractivity contribution >= 4 is 96.8 Å². The molecule has 3 aromatic carbocycles. The second-order valence-corrected chi connectivity index (χ2v) is 27.1. The van der Waals surface area contributed by atoms with Crippen molar-refractivity contribution in [1.82, 2.24) is 0 Å². The predicted molar refractivity (Wildman–Crippen MR) is 143 cm³/mol. The molecule has 2 nitrogen and oxygen atoms in total. The van der Waals surface area contributed by atoms with Crippen molar-refractivity contribution < 1.29 is 0 Å². The van der Waals surface area contributed by atoms with Crippen LogP contribution in [0, 0.1) is 0 Å². The van der Waals surface area contributed by atoms with Crippen molar-refractivity contribution in [2.24, 2.45) is 0 Å². The summed E-state index contributed by atoms with van der Waals surface area (Å²) in [6, 6.07) is 25.6. The summed E-state index contributed by atoms with van der Waals surface area (Å²) in [5.41, 5.74) is 5.06. The van der Waals surface area contributed by atoms with Crippen molar-refractivity contribution in [1.29, 1.82) is 0 Å². The van der Waals surface area contributed by atoms with Gasteiger partial charge in [-0.1, -0.05) is 0 Å². The zero-order chi connectivity index (χ0) is 19.4. The fourth-order valence-corrected chi connectivity index (χ4v) is 11.3. The van der Waals surface area contributed by atoms with E-state index < -0.39 is 21.2 Å². The first-order valence-corrected chi connectivity index (χ1v) is 23.1. The number of rotatable bonds is 2. The van der Waals surface area contributed by atoms with Gasteiger partial charge in [-0.25, -0.2) is 0 Å². The summed E-state index contributed by atoms with van der Waals surface area (Å²) in [6.07, 6.45) is 0.